The molecule has 0 radical (unpaired) electrons. The fourth-order valence-electron chi connectivity index (χ4n) is 1.70. The number of alkyl halides is 1. The molecule has 2 unspecified atom stereocenters. The highest BCUT2D eigenvalue weighted by Crippen LogP contribution is 2.20. The van der Waals surface area contributed by atoms with Gasteiger partial charge in [-0.3, -0.25) is 0 Å². The number of carbonyl (C=O) groups excluding carboxylic acids is 2. The fraction of sp³-hybridized carbons (Fsp3) is 0.812. The maximum absolute atomic E-state index is 12.4. The van der Waals surface area contributed by atoms with Crippen molar-refractivity contribution in [2.45, 2.75) is 83.4 Å². The minimum atomic E-state index is -1.37. The third-order valence-electron chi connectivity index (χ3n) is 2.62. The lowest BCUT2D eigenvalue weighted by Crippen LogP contribution is -2.52. The molecule has 0 aliphatic carbocycles. The second-order valence-corrected chi connectivity index (χ2v) is 9.11. The minimum absolute atomic E-state index is 0.0403. The number of aliphatic carboxylic acids is 1. The van der Waals surface area contributed by atoms with E-state index in [1.807, 2.05) is 6.92 Å². The first-order chi connectivity index (χ1) is 10.6. The molecule has 1 N–H and O–H groups in total. The number of carbonyl (C=O) groups is 3. The van der Waals surface area contributed by atoms with Gasteiger partial charge in [-0.1, -0.05) is 22.9 Å². The molecule has 0 aromatic rings. The van der Waals surface area contributed by atoms with Gasteiger partial charge in [0, 0.05) is 4.83 Å². The first-order valence-corrected chi connectivity index (χ1v) is 8.67. The van der Waals surface area contributed by atoms with E-state index in [2.05, 4.69) is 15.9 Å². The van der Waals surface area contributed by atoms with E-state index in [0.29, 0.717) is 11.3 Å². The average Bonchev–Trinajstić information content (AvgIpc) is 2.28. The number of ether oxygens (including phenoxy) is 2. The molecule has 2 amide bonds. The number of amides is 2. The van der Waals surface area contributed by atoms with Gasteiger partial charge < -0.3 is 14.6 Å². The zero-order valence-corrected chi connectivity index (χ0v) is 17.0. The van der Waals surface area contributed by atoms with Crippen molar-refractivity contribution in [1.29, 1.82) is 0 Å². The van der Waals surface area contributed by atoms with Gasteiger partial charge in [0.05, 0.1) is 0 Å². The molecule has 0 fully saturated rings. The van der Waals surface area contributed by atoms with Crippen LogP contribution >= 0.6 is 15.9 Å². The average molecular weight is 410 g/mol. The molecular formula is C16H28BrNO6. The van der Waals surface area contributed by atoms with Crippen LogP contribution < -0.4 is 0 Å². The van der Waals surface area contributed by atoms with Crippen LogP contribution in [0.15, 0.2) is 0 Å². The van der Waals surface area contributed by atoms with Crippen LogP contribution in [0, 0.1) is 0 Å². The predicted molar refractivity (Wildman–Crippen MR) is 93.4 cm³/mol. The van der Waals surface area contributed by atoms with Crippen molar-refractivity contribution in [3.8, 4) is 0 Å². The lowest BCUT2D eigenvalue weighted by molar-refractivity contribution is -0.143. The molecule has 0 bridgehead atoms. The number of halogens is 1. The Morgan fingerprint density at radius 1 is 0.958 bits per heavy atom. The Morgan fingerprint density at radius 2 is 1.33 bits per heavy atom. The van der Waals surface area contributed by atoms with Gasteiger partial charge in [-0.15, -0.1) is 0 Å². The van der Waals surface area contributed by atoms with Crippen LogP contribution in [0.25, 0.3) is 0 Å². The lowest BCUT2D eigenvalue weighted by Gasteiger charge is -2.31. The summed E-state index contributed by atoms with van der Waals surface area (Å²) in [6.45, 7) is 11.7. The molecule has 24 heavy (non-hydrogen) atoms. The third-order valence-corrected chi connectivity index (χ3v) is 3.07. The summed E-state index contributed by atoms with van der Waals surface area (Å²) in [6, 6.07) is -1.37. The van der Waals surface area contributed by atoms with E-state index in [1.165, 1.54) is 0 Å². The van der Waals surface area contributed by atoms with E-state index in [1.54, 1.807) is 41.5 Å². The Kier molecular flexibility index (Phi) is 8.21. The SMILES string of the molecule is CC(Br)CCC(C(=O)O)N(C(=O)OC(C)(C)C)C(=O)OC(C)(C)C. The summed E-state index contributed by atoms with van der Waals surface area (Å²) in [5.74, 6) is -1.29. The van der Waals surface area contributed by atoms with Gasteiger partial charge in [0.1, 0.15) is 17.2 Å². The molecule has 8 heteroatoms. The normalized spacial score (nSPS) is 14.5. The molecule has 7 nitrogen and oxygen atoms in total. The smallest absolute Gasteiger partial charge is 0.420 e. The fourth-order valence-corrected chi connectivity index (χ4v) is 1.97. The zero-order chi connectivity index (χ0) is 19.3. The van der Waals surface area contributed by atoms with E-state index in [0.717, 1.165) is 0 Å². The third kappa shape index (κ3) is 9.10. The number of rotatable bonds is 5. The summed E-state index contributed by atoms with van der Waals surface area (Å²) in [6.07, 6.45) is -1.53. The largest absolute Gasteiger partial charge is 0.480 e. The summed E-state index contributed by atoms with van der Waals surface area (Å²) in [5.41, 5.74) is -1.74. The van der Waals surface area contributed by atoms with Gasteiger partial charge in [0.15, 0.2) is 0 Å². The van der Waals surface area contributed by atoms with E-state index < -0.39 is 35.4 Å². The summed E-state index contributed by atoms with van der Waals surface area (Å²) >= 11 is 3.33. The van der Waals surface area contributed by atoms with Crippen LogP contribution in [0.4, 0.5) is 9.59 Å². The van der Waals surface area contributed by atoms with E-state index >= 15 is 0 Å². The van der Waals surface area contributed by atoms with Gasteiger partial charge in [0.2, 0.25) is 0 Å². The van der Waals surface area contributed by atoms with Crippen LogP contribution in [-0.4, -0.2) is 50.2 Å². The predicted octanol–water partition coefficient (Wildman–Crippen LogP) is 4.18. The highest BCUT2D eigenvalue weighted by Gasteiger charge is 2.40. The molecule has 0 saturated heterocycles. The lowest BCUT2D eigenvalue weighted by atomic mass is 10.1. The summed E-state index contributed by atoms with van der Waals surface area (Å²) in [4.78, 5) is 37.0. The van der Waals surface area contributed by atoms with Crippen molar-refractivity contribution >= 4 is 34.1 Å². The Morgan fingerprint density at radius 3 is 1.58 bits per heavy atom. The van der Waals surface area contributed by atoms with Crippen molar-refractivity contribution in [2.24, 2.45) is 0 Å². The summed E-state index contributed by atoms with van der Waals surface area (Å²) in [5, 5.41) is 9.48. The molecule has 0 aliphatic rings. The maximum atomic E-state index is 12.4. The standard InChI is InChI=1S/C16H28BrNO6/c1-10(17)8-9-11(12(19)20)18(13(21)23-15(2,3)4)14(22)24-16(5,6)7/h10-11H,8-9H2,1-7H3,(H,19,20). The number of carboxylic acid groups (broad SMARTS) is 1. The van der Waals surface area contributed by atoms with Gasteiger partial charge in [-0.2, -0.15) is 4.90 Å². The molecule has 0 aromatic carbocycles. The molecule has 140 valence electrons. The van der Waals surface area contributed by atoms with Crippen molar-refractivity contribution in [2.75, 3.05) is 0 Å². The Bertz CT molecular complexity index is 436. The quantitative estimate of drug-likeness (QED) is 0.684. The highest BCUT2D eigenvalue weighted by molar-refractivity contribution is 9.09. The highest BCUT2D eigenvalue weighted by atomic mass is 79.9. The number of carboxylic acids is 1. The van der Waals surface area contributed by atoms with Crippen LogP contribution in [0.1, 0.15) is 61.3 Å². The van der Waals surface area contributed by atoms with Crippen molar-refractivity contribution in [3.05, 3.63) is 0 Å². The number of hydrogen-bond donors (Lipinski definition) is 1. The van der Waals surface area contributed by atoms with Gasteiger partial charge in [0.25, 0.3) is 0 Å². The topological polar surface area (TPSA) is 93.1 Å². The first kappa shape index (κ1) is 22.7. The van der Waals surface area contributed by atoms with Crippen LogP contribution in [0.2, 0.25) is 0 Å². The number of hydrogen-bond acceptors (Lipinski definition) is 5. The Labute approximate surface area is 151 Å². The van der Waals surface area contributed by atoms with Crippen LogP contribution in [0.5, 0.6) is 0 Å². The van der Waals surface area contributed by atoms with Crippen molar-refractivity contribution < 1.29 is 29.0 Å². The first-order valence-electron chi connectivity index (χ1n) is 7.76. The number of imide groups is 1. The zero-order valence-electron chi connectivity index (χ0n) is 15.4. The number of nitrogens with zero attached hydrogens (tertiary/aromatic N) is 1. The second kappa shape index (κ2) is 8.69. The summed E-state index contributed by atoms with van der Waals surface area (Å²) < 4.78 is 10.4. The second-order valence-electron chi connectivity index (χ2n) is 7.54. The summed E-state index contributed by atoms with van der Waals surface area (Å²) in [7, 11) is 0. The minimum Gasteiger partial charge on any atom is -0.480 e. The maximum Gasteiger partial charge on any atom is 0.420 e. The van der Waals surface area contributed by atoms with E-state index in [9.17, 15) is 19.5 Å². The molecule has 0 rings (SSSR count). The van der Waals surface area contributed by atoms with Gasteiger partial charge >= 0.3 is 18.2 Å². The van der Waals surface area contributed by atoms with Crippen molar-refractivity contribution in [3.63, 3.8) is 0 Å². The Balaban J connectivity index is 5.58. The van der Waals surface area contributed by atoms with Crippen LogP contribution in [-0.2, 0) is 14.3 Å². The van der Waals surface area contributed by atoms with E-state index in [-0.39, 0.29) is 11.2 Å². The van der Waals surface area contributed by atoms with E-state index in [4.69, 9.17) is 9.47 Å². The molecule has 0 saturated carbocycles. The van der Waals surface area contributed by atoms with Gasteiger partial charge in [-0.25, -0.2) is 14.4 Å². The van der Waals surface area contributed by atoms with Crippen molar-refractivity contribution in [1.82, 2.24) is 4.90 Å². The monoisotopic (exact) mass is 409 g/mol. The van der Waals surface area contributed by atoms with Gasteiger partial charge in [-0.05, 0) is 54.4 Å². The molecule has 0 spiro atoms. The molecule has 0 aliphatic heterocycles. The van der Waals surface area contributed by atoms with Crippen LogP contribution in [0.3, 0.4) is 0 Å². The molecule has 0 heterocycles. The molecule has 0 aromatic heterocycles. The molecule has 2 atom stereocenters. The Hall–Kier alpha value is -1.31. The molecular weight excluding hydrogens is 382 g/mol.